The summed E-state index contributed by atoms with van der Waals surface area (Å²) in [5.41, 5.74) is 0. The van der Waals surface area contributed by atoms with Crippen LogP contribution in [0.25, 0.3) is 0 Å². The standard InChI is InChI=1S/C11H15ClO2S/c12-11-5-4-8(15-11)7-9(13)10-3-1-2-6-14-10/h4-5,9-10,13H,1-3,6-7H2. The van der Waals surface area contributed by atoms with Crippen LogP contribution in [0.3, 0.4) is 0 Å². The van der Waals surface area contributed by atoms with Crippen molar-refractivity contribution in [2.75, 3.05) is 6.61 Å². The Morgan fingerprint density at radius 1 is 1.53 bits per heavy atom. The summed E-state index contributed by atoms with van der Waals surface area (Å²) in [7, 11) is 0. The second-order valence-corrected chi connectivity index (χ2v) is 5.68. The van der Waals surface area contributed by atoms with Crippen molar-refractivity contribution in [1.82, 2.24) is 0 Å². The lowest BCUT2D eigenvalue weighted by molar-refractivity contribution is -0.0608. The SMILES string of the molecule is OC(Cc1ccc(Cl)s1)C1CCCCO1. The Morgan fingerprint density at radius 2 is 2.40 bits per heavy atom. The van der Waals surface area contributed by atoms with E-state index in [9.17, 15) is 5.11 Å². The highest BCUT2D eigenvalue weighted by Gasteiger charge is 2.23. The maximum atomic E-state index is 9.98. The molecule has 0 amide bonds. The molecule has 0 radical (unpaired) electrons. The predicted molar refractivity (Wildman–Crippen MR) is 62.6 cm³/mol. The quantitative estimate of drug-likeness (QED) is 0.889. The van der Waals surface area contributed by atoms with Crippen LogP contribution in [0.1, 0.15) is 24.1 Å². The van der Waals surface area contributed by atoms with Gasteiger partial charge in [-0.15, -0.1) is 11.3 Å². The molecule has 2 nitrogen and oxygen atoms in total. The van der Waals surface area contributed by atoms with Gasteiger partial charge in [-0.2, -0.15) is 0 Å². The lowest BCUT2D eigenvalue weighted by atomic mass is 10.0. The van der Waals surface area contributed by atoms with Gasteiger partial charge in [0.15, 0.2) is 0 Å². The van der Waals surface area contributed by atoms with Crippen molar-refractivity contribution < 1.29 is 9.84 Å². The first-order chi connectivity index (χ1) is 7.25. The molecule has 2 heterocycles. The highest BCUT2D eigenvalue weighted by molar-refractivity contribution is 7.16. The van der Waals surface area contributed by atoms with E-state index in [-0.39, 0.29) is 12.2 Å². The van der Waals surface area contributed by atoms with E-state index < -0.39 is 0 Å². The largest absolute Gasteiger partial charge is 0.390 e. The Kier molecular flexibility index (Phi) is 4.03. The normalized spacial score (nSPS) is 24.0. The second-order valence-electron chi connectivity index (χ2n) is 3.88. The lowest BCUT2D eigenvalue weighted by Crippen LogP contribution is -2.33. The monoisotopic (exact) mass is 246 g/mol. The van der Waals surface area contributed by atoms with Crippen molar-refractivity contribution in [1.29, 1.82) is 0 Å². The first kappa shape index (κ1) is 11.4. The van der Waals surface area contributed by atoms with E-state index >= 15 is 0 Å². The number of rotatable bonds is 3. The van der Waals surface area contributed by atoms with Crippen LogP contribution in [0.15, 0.2) is 12.1 Å². The van der Waals surface area contributed by atoms with E-state index in [0.717, 1.165) is 35.1 Å². The van der Waals surface area contributed by atoms with Gasteiger partial charge in [-0.3, -0.25) is 0 Å². The van der Waals surface area contributed by atoms with Crippen LogP contribution in [-0.2, 0) is 11.2 Å². The number of thiophene rings is 1. The first-order valence-electron chi connectivity index (χ1n) is 5.29. The molecule has 15 heavy (non-hydrogen) atoms. The van der Waals surface area contributed by atoms with Crippen LogP contribution in [0.4, 0.5) is 0 Å². The van der Waals surface area contributed by atoms with E-state index in [4.69, 9.17) is 16.3 Å². The highest BCUT2D eigenvalue weighted by Crippen LogP contribution is 2.25. The third kappa shape index (κ3) is 3.18. The van der Waals surface area contributed by atoms with Gasteiger partial charge < -0.3 is 9.84 Å². The van der Waals surface area contributed by atoms with Gasteiger partial charge >= 0.3 is 0 Å². The fraction of sp³-hybridized carbons (Fsp3) is 0.636. The van der Waals surface area contributed by atoms with Crippen LogP contribution < -0.4 is 0 Å². The average Bonchev–Trinajstić information content (AvgIpc) is 2.65. The number of halogens is 1. The Bertz CT molecular complexity index is 307. The van der Waals surface area contributed by atoms with Crippen molar-refractivity contribution in [3.05, 3.63) is 21.3 Å². The number of hydrogen-bond acceptors (Lipinski definition) is 3. The summed E-state index contributed by atoms with van der Waals surface area (Å²) in [6, 6.07) is 3.84. The second kappa shape index (κ2) is 5.30. The molecule has 0 spiro atoms. The maximum Gasteiger partial charge on any atom is 0.0931 e. The van der Waals surface area contributed by atoms with Crippen LogP contribution in [-0.4, -0.2) is 23.9 Å². The fourth-order valence-corrected chi connectivity index (χ4v) is 3.01. The molecule has 1 fully saturated rings. The number of aliphatic hydroxyl groups is 1. The molecule has 4 heteroatoms. The zero-order valence-electron chi connectivity index (χ0n) is 8.49. The van der Waals surface area contributed by atoms with Crippen molar-refractivity contribution in [3.63, 3.8) is 0 Å². The van der Waals surface area contributed by atoms with Gasteiger partial charge in [-0.1, -0.05) is 11.6 Å². The molecular weight excluding hydrogens is 232 g/mol. The summed E-state index contributed by atoms with van der Waals surface area (Å²) in [5, 5.41) is 9.98. The average molecular weight is 247 g/mol. The Hall–Kier alpha value is -0.0900. The molecule has 1 aromatic heterocycles. The molecule has 1 aliphatic heterocycles. The summed E-state index contributed by atoms with van der Waals surface area (Å²) < 4.78 is 6.32. The van der Waals surface area contributed by atoms with Crippen molar-refractivity contribution >= 4 is 22.9 Å². The fourth-order valence-electron chi connectivity index (χ4n) is 1.87. The summed E-state index contributed by atoms with van der Waals surface area (Å²) in [6.45, 7) is 0.785. The van der Waals surface area contributed by atoms with E-state index in [1.165, 1.54) is 11.3 Å². The Balaban J connectivity index is 1.88. The minimum atomic E-state index is -0.389. The molecule has 0 saturated carbocycles. The third-order valence-electron chi connectivity index (χ3n) is 2.68. The van der Waals surface area contributed by atoms with E-state index in [0.29, 0.717) is 6.42 Å². The van der Waals surface area contributed by atoms with Gasteiger partial charge in [0, 0.05) is 17.9 Å². The van der Waals surface area contributed by atoms with Crippen LogP contribution in [0.2, 0.25) is 4.34 Å². The molecule has 0 aliphatic carbocycles. The zero-order valence-corrected chi connectivity index (χ0v) is 10.1. The third-order valence-corrected chi connectivity index (χ3v) is 3.94. The zero-order chi connectivity index (χ0) is 10.7. The minimum absolute atomic E-state index is 0.0135. The predicted octanol–water partition coefficient (Wildman–Crippen LogP) is 2.87. The summed E-state index contributed by atoms with van der Waals surface area (Å²) >= 11 is 7.37. The van der Waals surface area contributed by atoms with Crippen molar-refractivity contribution in [3.8, 4) is 0 Å². The molecule has 0 aromatic carbocycles. The smallest absolute Gasteiger partial charge is 0.0931 e. The van der Waals surface area contributed by atoms with Gasteiger partial charge in [0.2, 0.25) is 0 Å². The first-order valence-corrected chi connectivity index (χ1v) is 6.49. The molecule has 2 rings (SSSR count). The van der Waals surface area contributed by atoms with Crippen molar-refractivity contribution in [2.24, 2.45) is 0 Å². The molecule has 0 bridgehead atoms. The minimum Gasteiger partial charge on any atom is -0.390 e. The van der Waals surface area contributed by atoms with Gasteiger partial charge in [0.1, 0.15) is 0 Å². The van der Waals surface area contributed by atoms with E-state index in [1.54, 1.807) is 0 Å². The maximum absolute atomic E-state index is 9.98. The lowest BCUT2D eigenvalue weighted by Gasteiger charge is -2.26. The van der Waals surface area contributed by atoms with Gasteiger partial charge in [0.25, 0.3) is 0 Å². The Labute approximate surface area is 98.8 Å². The number of hydrogen-bond donors (Lipinski definition) is 1. The van der Waals surface area contributed by atoms with Crippen molar-refractivity contribution in [2.45, 2.75) is 37.9 Å². The molecule has 1 aromatic rings. The van der Waals surface area contributed by atoms with E-state index in [1.807, 2.05) is 12.1 Å². The summed E-state index contributed by atoms with van der Waals surface area (Å²) in [4.78, 5) is 1.13. The van der Waals surface area contributed by atoms with Gasteiger partial charge in [0.05, 0.1) is 16.5 Å². The van der Waals surface area contributed by atoms with Gasteiger partial charge in [-0.05, 0) is 31.4 Å². The molecule has 1 N–H and O–H groups in total. The highest BCUT2D eigenvalue weighted by atomic mass is 35.5. The van der Waals surface area contributed by atoms with Crippen LogP contribution in [0.5, 0.6) is 0 Å². The van der Waals surface area contributed by atoms with Crippen LogP contribution in [0, 0.1) is 0 Å². The van der Waals surface area contributed by atoms with E-state index in [2.05, 4.69) is 0 Å². The number of ether oxygens (including phenoxy) is 1. The molecule has 2 atom stereocenters. The number of aliphatic hydroxyl groups excluding tert-OH is 1. The Morgan fingerprint density at radius 3 is 3.00 bits per heavy atom. The molecule has 2 unspecified atom stereocenters. The topological polar surface area (TPSA) is 29.5 Å². The molecule has 84 valence electrons. The summed E-state index contributed by atoms with van der Waals surface area (Å²) in [5.74, 6) is 0. The van der Waals surface area contributed by atoms with Gasteiger partial charge in [-0.25, -0.2) is 0 Å². The molecule has 1 aliphatic rings. The molecule has 1 saturated heterocycles. The molecular formula is C11H15ClO2S. The summed E-state index contributed by atoms with van der Waals surface area (Å²) in [6.07, 6.45) is 3.53. The van der Waals surface area contributed by atoms with Crippen LogP contribution >= 0.6 is 22.9 Å².